The molecule has 2 fully saturated rings. The Bertz CT molecular complexity index is 1720. The number of carbonyl (C=O) groups excluding carboxylic acids is 3. The number of hydrogen-bond acceptors (Lipinski definition) is 11. The van der Waals surface area contributed by atoms with Crippen molar-refractivity contribution in [3.8, 4) is 16.9 Å². The Morgan fingerprint density at radius 1 is 0.957 bits per heavy atom. The highest BCUT2D eigenvalue weighted by molar-refractivity contribution is 6.33. The number of amides is 2. The van der Waals surface area contributed by atoms with Crippen molar-refractivity contribution in [3.63, 3.8) is 0 Å². The van der Waals surface area contributed by atoms with E-state index in [1.165, 1.54) is 12.1 Å². The van der Waals surface area contributed by atoms with Crippen molar-refractivity contribution in [2.24, 2.45) is 5.18 Å². The molecule has 3 aliphatic rings. The van der Waals surface area contributed by atoms with Crippen LogP contribution in [0.3, 0.4) is 0 Å². The summed E-state index contributed by atoms with van der Waals surface area (Å²) in [6.45, 7) is 0.685. The predicted octanol–water partition coefficient (Wildman–Crippen LogP) is 2.71. The maximum Gasteiger partial charge on any atom is 0.342 e. The van der Waals surface area contributed by atoms with Crippen LogP contribution >= 0.6 is 11.6 Å². The summed E-state index contributed by atoms with van der Waals surface area (Å²) in [6, 6.07) is 17.4. The van der Waals surface area contributed by atoms with Gasteiger partial charge in [-0.05, 0) is 77.9 Å². The van der Waals surface area contributed by atoms with Crippen molar-refractivity contribution < 1.29 is 49.0 Å². The average Bonchev–Trinajstić information content (AvgIpc) is 3.65. The molecule has 6 rings (SSSR count). The fourth-order valence-corrected chi connectivity index (χ4v) is 6.36. The largest absolute Gasteiger partial charge is 0.489 e. The Balaban J connectivity index is 1.13. The van der Waals surface area contributed by atoms with E-state index < -0.39 is 42.6 Å². The molecule has 3 aromatic carbocycles. The number of fused-ring (bicyclic) bond motifs is 1. The van der Waals surface area contributed by atoms with Crippen LogP contribution in [0.25, 0.3) is 11.1 Å². The first-order valence-corrected chi connectivity index (χ1v) is 15.3. The minimum atomic E-state index is -1.97. The zero-order valence-corrected chi connectivity index (χ0v) is 25.5. The lowest BCUT2D eigenvalue weighted by atomic mass is 9.98. The molecule has 246 valence electrons. The molecule has 13 nitrogen and oxygen atoms in total. The van der Waals surface area contributed by atoms with Gasteiger partial charge in [-0.15, -0.1) is 4.91 Å². The van der Waals surface area contributed by atoms with E-state index in [0.717, 1.165) is 17.5 Å². The van der Waals surface area contributed by atoms with Gasteiger partial charge in [0.2, 0.25) is 6.29 Å². The van der Waals surface area contributed by atoms with Gasteiger partial charge in [0.25, 0.3) is 5.91 Å². The first-order chi connectivity index (χ1) is 22.5. The van der Waals surface area contributed by atoms with Crippen LogP contribution in [0.2, 0.25) is 5.02 Å². The Hall–Kier alpha value is -4.24. The van der Waals surface area contributed by atoms with Gasteiger partial charge in [0.15, 0.2) is 6.10 Å². The van der Waals surface area contributed by atoms with E-state index in [1.807, 2.05) is 35.2 Å². The number of nitroso groups, excluding NO2 is 1. The Kier molecular flexibility index (Phi) is 9.37. The fraction of sp³-hybridized carbons (Fsp3) is 0.364. The summed E-state index contributed by atoms with van der Waals surface area (Å²) in [5.74, 6) is -1.94. The van der Waals surface area contributed by atoms with Crippen LogP contribution in [0, 0.1) is 4.91 Å². The maximum absolute atomic E-state index is 13.1. The SMILES string of the molecule is O=NC(=O)[C@H]1OC(OC(=O)c2cc(-c3cccc(COc4ccc5c(c4)CN(C4CCC(O)C4)C5=O)c3)ccc2Cl)[C@H](O)[C@@H](O)[C@@H]1O. The molecule has 2 heterocycles. The van der Waals surface area contributed by atoms with Gasteiger partial charge in [-0.1, -0.05) is 35.9 Å². The molecule has 0 aromatic heterocycles. The van der Waals surface area contributed by atoms with Gasteiger partial charge >= 0.3 is 11.9 Å². The van der Waals surface area contributed by atoms with E-state index in [1.54, 1.807) is 18.2 Å². The second-order valence-electron chi connectivity index (χ2n) is 11.8. The van der Waals surface area contributed by atoms with Crippen LogP contribution in [-0.4, -0.2) is 86.0 Å². The van der Waals surface area contributed by atoms with Gasteiger partial charge in [0.1, 0.15) is 30.7 Å². The second kappa shape index (κ2) is 13.5. The van der Waals surface area contributed by atoms with Crippen molar-refractivity contribution in [2.75, 3.05) is 0 Å². The van der Waals surface area contributed by atoms with Crippen molar-refractivity contribution in [1.29, 1.82) is 0 Å². The lowest BCUT2D eigenvalue weighted by Crippen LogP contribution is -2.60. The summed E-state index contributed by atoms with van der Waals surface area (Å²) in [6.07, 6.45) is -8.03. The fourth-order valence-electron chi connectivity index (χ4n) is 6.16. The molecule has 47 heavy (non-hydrogen) atoms. The summed E-state index contributed by atoms with van der Waals surface area (Å²) in [7, 11) is 0. The number of aliphatic hydroxyl groups excluding tert-OH is 4. The number of nitrogens with zero attached hydrogens (tertiary/aromatic N) is 2. The summed E-state index contributed by atoms with van der Waals surface area (Å²) in [4.78, 5) is 50.2. The highest BCUT2D eigenvalue weighted by Gasteiger charge is 2.49. The van der Waals surface area contributed by atoms with Crippen LogP contribution in [0.5, 0.6) is 5.75 Å². The summed E-state index contributed by atoms with van der Waals surface area (Å²) in [5, 5.41) is 42.4. The van der Waals surface area contributed by atoms with Crippen molar-refractivity contribution in [1.82, 2.24) is 4.90 Å². The predicted molar refractivity (Wildman–Crippen MR) is 164 cm³/mol. The first-order valence-electron chi connectivity index (χ1n) is 15.0. The summed E-state index contributed by atoms with van der Waals surface area (Å²) >= 11 is 6.28. The normalized spacial score (nSPS) is 27.0. The van der Waals surface area contributed by atoms with Gasteiger partial charge in [0.05, 0.1) is 16.7 Å². The Morgan fingerprint density at radius 3 is 2.49 bits per heavy atom. The highest BCUT2D eigenvalue weighted by atomic mass is 35.5. The van der Waals surface area contributed by atoms with Gasteiger partial charge in [-0.2, -0.15) is 0 Å². The smallest absolute Gasteiger partial charge is 0.342 e. The molecule has 1 saturated carbocycles. The quantitative estimate of drug-likeness (QED) is 0.204. The molecule has 3 aromatic rings. The van der Waals surface area contributed by atoms with Gasteiger partial charge in [0, 0.05) is 23.3 Å². The van der Waals surface area contributed by atoms with E-state index in [0.29, 0.717) is 41.8 Å². The van der Waals surface area contributed by atoms with Crippen LogP contribution < -0.4 is 4.74 Å². The summed E-state index contributed by atoms with van der Waals surface area (Å²) < 4.78 is 16.3. The minimum absolute atomic E-state index is 0.00377. The third-order valence-corrected chi connectivity index (χ3v) is 9.03. The third kappa shape index (κ3) is 6.63. The van der Waals surface area contributed by atoms with Gasteiger partial charge < -0.3 is 39.5 Å². The molecule has 2 aliphatic heterocycles. The number of carbonyl (C=O) groups is 3. The molecule has 0 bridgehead atoms. The number of aliphatic hydroxyl groups is 4. The number of hydrogen-bond donors (Lipinski definition) is 4. The van der Waals surface area contributed by atoms with Crippen molar-refractivity contribution in [2.45, 2.75) is 75.3 Å². The van der Waals surface area contributed by atoms with E-state index in [-0.39, 0.29) is 35.2 Å². The van der Waals surface area contributed by atoms with Crippen molar-refractivity contribution in [3.05, 3.63) is 92.8 Å². The molecular weight excluding hydrogens is 636 g/mol. The Morgan fingerprint density at radius 2 is 1.74 bits per heavy atom. The third-order valence-electron chi connectivity index (χ3n) is 8.70. The number of esters is 1. The van der Waals surface area contributed by atoms with E-state index in [2.05, 4.69) is 5.18 Å². The molecule has 1 aliphatic carbocycles. The van der Waals surface area contributed by atoms with E-state index >= 15 is 0 Å². The molecule has 7 atom stereocenters. The van der Waals surface area contributed by atoms with Crippen molar-refractivity contribution >= 4 is 29.4 Å². The Labute approximate surface area is 273 Å². The highest BCUT2D eigenvalue weighted by Crippen LogP contribution is 2.34. The minimum Gasteiger partial charge on any atom is -0.489 e. The number of ether oxygens (including phenoxy) is 3. The number of benzene rings is 3. The molecule has 0 radical (unpaired) electrons. The van der Waals surface area contributed by atoms with Gasteiger partial charge in [-0.25, -0.2) is 4.79 Å². The molecule has 14 heteroatoms. The van der Waals surface area contributed by atoms with Crippen LogP contribution in [0.1, 0.15) is 51.1 Å². The molecule has 3 unspecified atom stereocenters. The summed E-state index contributed by atoms with van der Waals surface area (Å²) in [5.41, 5.74) is 3.50. The topological polar surface area (TPSA) is 192 Å². The van der Waals surface area contributed by atoms with Gasteiger partial charge in [-0.3, -0.25) is 9.59 Å². The number of halogens is 1. The average molecular weight is 667 g/mol. The molecule has 4 N–H and O–H groups in total. The van der Waals surface area contributed by atoms with E-state index in [4.69, 9.17) is 25.8 Å². The number of rotatable bonds is 8. The molecule has 2 amide bonds. The monoisotopic (exact) mass is 666 g/mol. The zero-order chi connectivity index (χ0) is 33.4. The second-order valence-corrected chi connectivity index (χ2v) is 12.2. The lowest BCUT2D eigenvalue weighted by Gasteiger charge is -2.38. The molecule has 0 spiro atoms. The molecular formula is C33H31ClN2O11. The standard InChI is InChI=1S/C33H31ClN2O11/c34-25-9-4-18(12-24(25)32(43)47-33-28(40)26(38)27(39)29(46-33)30(41)35-44)17-3-1-2-16(10-17)15-45-22-7-8-23-19(11-22)14-36(31(23)42)20-5-6-21(37)13-20/h1-4,7-12,20-21,26-29,33,37-40H,5-6,13-15H2/t20?,21?,26-,27-,28+,29-,33?/m0/s1. The first kappa shape index (κ1) is 32.7. The lowest BCUT2D eigenvalue weighted by molar-refractivity contribution is -0.273. The van der Waals surface area contributed by atoms with Crippen LogP contribution in [-0.2, 0) is 27.4 Å². The maximum atomic E-state index is 13.1. The van der Waals surface area contributed by atoms with E-state index in [9.17, 15) is 39.7 Å². The van der Waals surface area contributed by atoms with Crippen LogP contribution in [0.4, 0.5) is 0 Å². The van der Waals surface area contributed by atoms with Crippen LogP contribution in [0.15, 0.2) is 65.8 Å². The zero-order valence-electron chi connectivity index (χ0n) is 24.8. The molecule has 1 saturated heterocycles.